The van der Waals surface area contributed by atoms with Gasteiger partial charge in [0.1, 0.15) is 11.1 Å². The third-order valence-electron chi connectivity index (χ3n) is 5.27. The fourth-order valence-electron chi connectivity index (χ4n) is 3.66. The van der Waals surface area contributed by atoms with Gasteiger partial charge in [0.25, 0.3) is 0 Å². The molecule has 174 valence electrons. The van der Waals surface area contributed by atoms with E-state index in [0.717, 1.165) is 17.7 Å². The van der Waals surface area contributed by atoms with Crippen LogP contribution < -0.4 is 5.73 Å². The number of benzene rings is 1. The van der Waals surface area contributed by atoms with Crippen molar-refractivity contribution in [2.24, 2.45) is 5.73 Å². The molecule has 2 heterocycles. The third kappa shape index (κ3) is 5.42. The molecule has 1 aromatic heterocycles. The summed E-state index contributed by atoms with van der Waals surface area (Å²) in [5.41, 5.74) is 10.0. The van der Waals surface area contributed by atoms with Crippen molar-refractivity contribution in [1.29, 1.82) is 10.5 Å². The highest BCUT2D eigenvalue weighted by Gasteiger charge is 2.36. The molecule has 2 aromatic rings. The van der Waals surface area contributed by atoms with Crippen molar-refractivity contribution in [1.82, 2.24) is 4.98 Å². The second-order valence-electron chi connectivity index (χ2n) is 7.39. The lowest BCUT2D eigenvalue weighted by Gasteiger charge is -2.28. The number of esters is 1. The van der Waals surface area contributed by atoms with Crippen LogP contribution in [-0.2, 0) is 16.0 Å². The summed E-state index contributed by atoms with van der Waals surface area (Å²) in [6, 6.07) is 13.2. The number of nitrogens with zero attached hydrogens (tertiary/aromatic N) is 3. The molecular weight excluding hydrogens is 488 g/mol. The number of thioether (sulfide) groups is 2. The minimum atomic E-state index is -0.675. The van der Waals surface area contributed by atoms with Crippen molar-refractivity contribution in [3.63, 3.8) is 0 Å². The Balaban J connectivity index is 2.10. The van der Waals surface area contributed by atoms with Crippen molar-refractivity contribution < 1.29 is 9.53 Å². The molecule has 0 saturated carbocycles. The molecule has 0 amide bonds. The van der Waals surface area contributed by atoms with Gasteiger partial charge in [-0.1, -0.05) is 54.2 Å². The Morgan fingerprint density at radius 1 is 1.26 bits per heavy atom. The average Bonchev–Trinajstić information content (AvgIpc) is 2.83. The van der Waals surface area contributed by atoms with E-state index in [1.165, 1.54) is 23.5 Å². The Labute approximate surface area is 212 Å². The molecule has 2 N–H and O–H groups in total. The van der Waals surface area contributed by atoms with E-state index in [0.29, 0.717) is 48.0 Å². The number of carbonyl (C=O) groups excluding carboxylic acids is 1. The summed E-state index contributed by atoms with van der Waals surface area (Å²) in [5, 5.41) is 20.9. The first-order valence-corrected chi connectivity index (χ1v) is 12.8. The highest BCUT2D eigenvalue weighted by Crippen LogP contribution is 2.47. The van der Waals surface area contributed by atoms with E-state index in [1.54, 1.807) is 31.2 Å². The zero-order valence-corrected chi connectivity index (χ0v) is 21.4. The van der Waals surface area contributed by atoms with Crippen molar-refractivity contribution in [2.75, 3.05) is 12.4 Å². The summed E-state index contributed by atoms with van der Waals surface area (Å²) in [4.78, 5) is 18.5. The summed E-state index contributed by atoms with van der Waals surface area (Å²) >= 11 is 8.61. The van der Waals surface area contributed by atoms with Crippen LogP contribution in [0, 0.1) is 29.6 Å². The normalized spacial score (nSPS) is 15.6. The maximum absolute atomic E-state index is 13.1. The molecule has 0 bridgehead atoms. The number of rotatable bonds is 7. The lowest BCUT2D eigenvalue weighted by Crippen LogP contribution is -2.23. The number of halogens is 1. The van der Waals surface area contributed by atoms with Crippen LogP contribution in [0.4, 0.5) is 0 Å². The highest BCUT2D eigenvalue weighted by atomic mass is 35.5. The number of hydrogen-bond acceptors (Lipinski definition) is 8. The molecule has 34 heavy (non-hydrogen) atoms. The first-order valence-electron chi connectivity index (χ1n) is 10.6. The lowest BCUT2D eigenvalue weighted by atomic mass is 9.84. The minimum absolute atomic E-state index is 0.194. The van der Waals surface area contributed by atoms with E-state index < -0.39 is 11.9 Å². The number of carbonyl (C=O) groups is 1. The molecule has 1 aliphatic rings. The molecule has 0 aliphatic carbocycles. The maximum Gasteiger partial charge on any atom is 0.335 e. The molecule has 0 spiro atoms. The van der Waals surface area contributed by atoms with Crippen LogP contribution >= 0.6 is 35.1 Å². The standard InChI is InChI=1S/C25H23ClN4O2S2/c1-4-19-14(3)10-16(11-27)24(30-19)33-13-20-22(25(31)32-5-2)21(18(12-28)23(29)34-20)15-6-8-17(26)9-7-15/h6-10,21H,4-5,13,29H2,1-3H3/t21-/m0/s1. The Kier molecular flexibility index (Phi) is 8.68. The molecule has 0 radical (unpaired) electrons. The molecule has 0 unspecified atom stereocenters. The Hall–Kier alpha value is -2.91. The SMILES string of the molecule is CCOC(=O)C1=C(CSc2nc(CC)c(C)cc2C#N)SC(N)=C(C#N)[C@@H]1c1ccc(Cl)cc1. The van der Waals surface area contributed by atoms with Gasteiger partial charge in [0.15, 0.2) is 0 Å². The largest absolute Gasteiger partial charge is 0.463 e. The summed E-state index contributed by atoms with van der Waals surface area (Å²) < 4.78 is 5.38. The number of nitriles is 2. The van der Waals surface area contributed by atoms with Crippen molar-refractivity contribution in [3.8, 4) is 12.1 Å². The summed E-state index contributed by atoms with van der Waals surface area (Å²) in [6.07, 6.45) is 0.747. The first kappa shape index (κ1) is 25.7. The number of aryl methyl sites for hydroxylation is 2. The quantitative estimate of drug-likeness (QED) is 0.377. The molecule has 1 aliphatic heterocycles. The third-order valence-corrected chi connectivity index (χ3v) is 7.78. The van der Waals surface area contributed by atoms with Crippen LogP contribution in [0.2, 0.25) is 5.02 Å². The lowest BCUT2D eigenvalue weighted by molar-refractivity contribution is -0.138. The van der Waals surface area contributed by atoms with Gasteiger partial charge < -0.3 is 10.5 Å². The van der Waals surface area contributed by atoms with E-state index in [2.05, 4.69) is 17.1 Å². The molecule has 3 rings (SSSR count). The van der Waals surface area contributed by atoms with E-state index in [4.69, 9.17) is 22.1 Å². The van der Waals surface area contributed by atoms with E-state index >= 15 is 0 Å². The van der Waals surface area contributed by atoms with Gasteiger partial charge in [0, 0.05) is 21.4 Å². The predicted molar refractivity (Wildman–Crippen MR) is 136 cm³/mol. The monoisotopic (exact) mass is 510 g/mol. The van der Waals surface area contributed by atoms with Gasteiger partial charge in [-0.2, -0.15) is 10.5 Å². The number of hydrogen-bond donors (Lipinski definition) is 1. The van der Waals surface area contributed by atoms with E-state index in [-0.39, 0.29) is 6.61 Å². The van der Waals surface area contributed by atoms with Gasteiger partial charge in [0.2, 0.25) is 0 Å². The van der Waals surface area contributed by atoms with Crippen molar-refractivity contribution in [2.45, 2.75) is 38.1 Å². The molecule has 1 aromatic carbocycles. The predicted octanol–water partition coefficient (Wildman–Crippen LogP) is 5.61. The number of ether oxygens (including phenoxy) is 1. The van der Waals surface area contributed by atoms with Gasteiger partial charge in [-0.05, 0) is 49.6 Å². The van der Waals surface area contributed by atoms with Crippen molar-refractivity contribution >= 4 is 41.1 Å². The van der Waals surface area contributed by atoms with Crippen LogP contribution in [0.3, 0.4) is 0 Å². The van der Waals surface area contributed by atoms with Crippen molar-refractivity contribution in [3.05, 3.63) is 78.8 Å². The molecule has 0 saturated heterocycles. The Bertz CT molecular complexity index is 1260. The number of nitrogens with two attached hydrogens (primary N) is 1. The fourth-order valence-corrected chi connectivity index (χ4v) is 5.91. The highest BCUT2D eigenvalue weighted by molar-refractivity contribution is 8.08. The van der Waals surface area contributed by atoms with E-state index in [1.807, 2.05) is 19.9 Å². The smallest absolute Gasteiger partial charge is 0.335 e. The van der Waals surface area contributed by atoms with Gasteiger partial charge in [-0.15, -0.1) is 0 Å². The number of pyridine rings is 1. The first-order chi connectivity index (χ1) is 16.3. The maximum atomic E-state index is 13.1. The minimum Gasteiger partial charge on any atom is -0.463 e. The fraction of sp³-hybridized carbons (Fsp3) is 0.280. The molecule has 0 fully saturated rings. The average molecular weight is 511 g/mol. The summed E-state index contributed by atoms with van der Waals surface area (Å²) in [7, 11) is 0. The molecule has 1 atom stereocenters. The van der Waals surface area contributed by atoms with Gasteiger partial charge in [0.05, 0.1) is 40.3 Å². The number of allylic oxidation sites excluding steroid dienone is 1. The van der Waals surface area contributed by atoms with Crippen LogP contribution in [0.25, 0.3) is 0 Å². The summed E-state index contributed by atoms with van der Waals surface area (Å²) in [5.74, 6) is -0.834. The van der Waals surface area contributed by atoms with Gasteiger partial charge >= 0.3 is 5.97 Å². The molecule has 9 heteroatoms. The zero-order chi connectivity index (χ0) is 24.8. The van der Waals surface area contributed by atoms with E-state index in [9.17, 15) is 15.3 Å². The number of aromatic nitrogens is 1. The van der Waals surface area contributed by atoms with Crippen LogP contribution in [-0.4, -0.2) is 23.3 Å². The second-order valence-corrected chi connectivity index (χ2v) is 9.93. The molecule has 6 nitrogen and oxygen atoms in total. The zero-order valence-electron chi connectivity index (χ0n) is 19.0. The topological polar surface area (TPSA) is 113 Å². The molecular formula is C25H23ClN4O2S2. The van der Waals surface area contributed by atoms with Crippen LogP contribution in [0.1, 0.15) is 42.1 Å². The summed E-state index contributed by atoms with van der Waals surface area (Å²) in [6.45, 7) is 5.88. The Morgan fingerprint density at radius 3 is 2.56 bits per heavy atom. The second kappa shape index (κ2) is 11.5. The Morgan fingerprint density at radius 2 is 1.97 bits per heavy atom. The van der Waals surface area contributed by atoms with Crippen LogP contribution in [0.5, 0.6) is 0 Å². The van der Waals surface area contributed by atoms with Gasteiger partial charge in [-0.3, -0.25) is 0 Å². The van der Waals surface area contributed by atoms with Gasteiger partial charge in [-0.25, -0.2) is 9.78 Å². The van der Waals surface area contributed by atoms with Crippen LogP contribution in [0.15, 0.2) is 56.4 Å².